The molecular formula is C30H31ClN4O9S. The normalized spacial score (nSPS) is 14.4. The molecule has 1 aliphatic rings. The van der Waals surface area contributed by atoms with Crippen LogP contribution in [0.2, 0.25) is 5.02 Å². The molecule has 0 saturated carbocycles. The van der Waals surface area contributed by atoms with Gasteiger partial charge in [-0.1, -0.05) is 23.7 Å². The van der Waals surface area contributed by atoms with Gasteiger partial charge in [-0.2, -0.15) is 4.31 Å². The Morgan fingerprint density at radius 3 is 2.44 bits per heavy atom. The molecule has 1 unspecified atom stereocenters. The Balaban J connectivity index is 1.68. The van der Waals surface area contributed by atoms with E-state index in [-0.39, 0.29) is 33.4 Å². The summed E-state index contributed by atoms with van der Waals surface area (Å²) >= 11 is 6.34. The van der Waals surface area contributed by atoms with Crippen LogP contribution in [0.5, 0.6) is 0 Å². The number of halogens is 1. The number of carbonyl (C=O) groups excluding carboxylic acids is 3. The van der Waals surface area contributed by atoms with Gasteiger partial charge in [-0.05, 0) is 81.6 Å². The van der Waals surface area contributed by atoms with E-state index in [1.807, 2.05) is 6.92 Å². The third kappa shape index (κ3) is 7.35. The van der Waals surface area contributed by atoms with Crippen molar-refractivity contribution in [3.63, 3.8) is 0 Å². The Bertz CT molecular complexity index is 1790. The van der Waals surface area contributed by atoms with Crippen molar-refractivity contribution in [2.45, 2.75) is 57.2 Å². The molecule has 1 aliphatic heterocycles. The number of methoxy groups -OCH3 is 1. The number of ether oxygens (including phenoxy) is 2. The van der Waals surface area contributed by atoms with Gasteiger partial charge in [0.25, 0.3) is 21.6 Å². The molecule has 3 aromatic carbocycles. The van der Waals surface area contributed by atoms with Gasteiger partial charge in [-0.25, -0.2) is 18.0 Å². The fourth-order valence-corrected chi connectivity index (χ4v) is 6.47. The summed E-state index contributed by atoms with van der Waals surface area (Å²) in [6, 6.07) is 13.5. The Morgan fingerprint density at radius 1 is 1.09 bits per heavy atom. The maximum absolute atomic E-state index is 14.0. The fourth-order valence-electron chi connectivity index (χ4n) is 4.68. The molecule has 238 valence electrons. The van der Waals surface area contributed by atoms with Crippen molar-refractivity contribution < 1.29 is 37.2 Å². The third-order valence-electron chi connectivity index (χ3n) is 6.74. The second kappa shape index (κ2) is 12.7. The number of nitrogens with zero attached hydrogens (tertiary/aromatic N) is 3. The molecule has 4 rings (SSSR count). The molecule has 0 saturated heterocycles. The van der Waals surface area contributed by atoms with Crippen LogP contribution in [0.4, 0.5) is 16.2 Å². The summed E-state index contributed by atoms with van der Waals surface area (Å²) in [5, 5.41) is 12.5. The number of anilines is 1. The van der Waals surface area contributed by atoms with Crippen LogP contribution in [0.15, 0.2) is 65.6 Å². The lowest BCUT2D eigenvalue weighted by Gasteiger charge is -2.28. The number of nitro groups is 1. The second-order valence-electron chi connectivity index (χ2n) is 11.3. The van der Waals surface area contributed by atoms with E-state index in [0.29, 0.717) is 22.0 Å². The average molecular weight is 659 g/mol. The van der Waals surface area contributed by atoms with E-state index in [2.05, 4.69) is 5.43 Å². The predicted octanol–water partition coefficient (Wildman–Crippen LogP) is 5.26. The van der Waals surface area contributed by atoms with Crippen molar-refractivity contribution in [3.05, 3.63) is 98.1 Å². The van der Waals surface area contributed by atoms with Gasteiger partial charge in [-0.3, -0.25) is 25.3 Å². The maximum atomic E-state index is 14.0. The van der Waals surface area contributed by atoms with E-state index in [9.17, 15) is 32.9 Å². The minimum absolute atomic E-state index is 0.0757. The van der Waals surface area contributed by atoms with Gasteiger partial charge < -0.3 is 9.47 Å². The van der Waals surface area contributed by atoms with Gasteiger partial charge in [0.05, 0.1) is 40.9 Å². The summed E-state index contributed by atoms with van der Waals surface area (Å²) in [5.74, 6) is -1.34. The van der Waals surface area contributed by atoms with Crippen molar-refractivity contribution in [2.75, 3.05) is 12.1 Å². The molecule has 15 heteroatoms. The van der Waals surface area contributed by atoms with E-state index in [1.54, 1.807) is 25.8 Å². The largest absolute Gasteiger partial charge is 0.465 e. The number of rotatable bonds is 8. The highest BCUT2D eigenvalue weighted by Gasteiger charge is 2.36. The number of esters is 1. The summed E-state index contributed by atoms with van der Waals surface area (Å²) in [4.78, 5) is 48.9. The average Bonchev–Trinajstić information content (AvgIpc) is 3.28. The third-order valence-corrected chi connectivity index (χ3v) is 8.94. The van der Waals surface area contributed by atoms with Crippen LogP contribution < -0.4 is 10.4 Å². The quantitative estimate of drug-likeness (QED) is 0.192. The van der Waals surface area contributed by atoms with Crippen molar-refractivity contribution in [2.24, 2.45) is 0 Å². The highest BCUT2D eigenvalue weighted by molar-refractivity contribution is 7.89. The molecular weight excluding hydrogens is 628 g/mol. The highest BCUT2D eigenvalue weighted by Crippen LogP contribution is 2.34. The van der Waals surface area contributed by atoms with Gasteiger partial charge in [0, 0.05) is 17.7 Å². The lowest BCUT2D eigenvalue weighted by Crippen LogP contribution is -2.45. The van der Waals surface area contributed by atoms with Gasteiger partial charge in [0.15, 0.2) is 0 Å². The van der Waals surface area contributed by atoms with E-state index in [4.69, 9.17) is 21.1 Å². The molecule has 3 aromatic rings. The zero-order valence-corrected chi connectivity index (χ0v) is 26.6. The van der Waals surface area contributed by atoms with Gasteiger partial charge in [0.2, 0.25) is 0 Å². The monoisotopic (exact) mass is 658 g/mol. The first-order valence-electron chi connectivity index (χ1n) is 13.6. The van der Waals surface area contributed by atoms with Crippen LogP contribution in [0.3, 0.4) is 0 Å². The smallest absolute Gasteiger partial charge is 0.424 e. The molecule has 1 N–H and O–H groups in total. The molecule has 0 fully saturated rings. The van der Waals surface area contributed by atoms with Crippen molar-refractivity contribution >= 4 is 51.0 Å². The number of nitrogens with one attached hydrogen (secondary N) is 1. The van der Waals surface area contributed by atoms with Crippen LogP contribution in [0.1, 0.15) is 59.5 Å². The lowest BCUT2D eigenvalue weighted by molar-refractivity contribution is -0.384. The van der Waals surface area contributed by atoms with E-state index in [1.165, 1.54) is 61.7 Å². The second-order valence-corrected chi connectivity index (χ2v) is 13.5. The number of carbonyl (C=O) groups is 3. The number of sulfonamides is 1. The van der Waals surface area contributed by atoms with Gasteiger partial charge >= 0.3 is 12.1 Å². The van der Waals surface area contributed by atoms with Crippen LogP contribution in [0, 0.1) is 10.1 Å². The van der Waals surface area contributed by atoms with Crippen LogP contribution in [-0.2, 0) is 32.5 Å². The highest BCUT2D eigenvalue weighted by atomic mass is 35.5. The molecule has 2 amide bonds. The summed E-state index contributed by atoms with van der Waals surface area (Å²) < 4.78 is 38.7. The van der Waals surface area contributed by atoms with Crippen LogP contribution >= 0.6 is 11.6 Å². The molecule has 0 radical (unpaired) electrons. The first-order valence-corrected chi connectivity index (χ1v) is 15.4. The number of non-ortho nitro benzene ring substituents is 1. The van der Waals surface area contributed by atoms with Crippen molar-refractivity contribution in [1.82, 2.24) is 9.73 Å². The number of nitro benzene ring substituents is 1. The molecule has 13 nitrogen and oxygen atoms in total. The number of hydrogen-bond donors (Lipinski definition) is 1. The zero-order chi connectivity index (χ0) is 33.3. The SMILES string of the molecule is COC(=O)c1cccc(CN(C(=O)OC(C)(C)C)S(=O)(=O)c2cc(C(=O)NN3c4ccc([N+](=O)[O-])cc4CC3C)ccc2Cl)c1. The molecule has 0 aromatic heterocycles. The molecule has 1 atom stereocenters. The molecule has 0 spiro atoms. The first-order chi connectivity index (χ1) is 21.0. The van der Waals surface area contributed by atoms with Crippen molar-refractivity contribution in [1.29, 1.82) is 0 Å². The molecule has 0 aliphatic carbocycles. The molecule has 1 heterocycles. The molecule has 45 heavy (non-hydrogen) atoms. The van der Waals surface area contributed by atoms with Gasteiger partial charge in [-0.15, -0.1) is 0 Å². The number of hydrogen-bond acceptors (Lipinski definition) is 10. The Labute approximate surface area is 264 Å². The summed E-state index contributed by atoms with van der Waals surface area (Å²) in [5.41, 5.74) is 3.15. The summed E-state index contributed by atoms with van der Waals surface area (Å²) in [6.45, 7) is 6.00. The fraction of sp³-hybridized carbons (Fsp3) is 0.300. The predicted molar refractivity (Wildman–Crippen MR) is 164 cm³/mol. The summed E-state index contributed by atoms with van der Waals surface area (Å²) in [6.07, 6.45) is -0.770. The van der Waals surface area contributed by atoms with Crippen molar-refractivity contribution in [3.8, 4) is 0 Å². The summed E-state index contributed by atoms with van der Waals surface area (Å²) in [7, 11) is -3.54. The number of hydrazine groups is 1. The number of amides is 2. The Kier molecular flexibility index (Phi) is 9.40. The first kappa shape index (κ1) is 33.2. The van der Waals surface area contributed by atoms with E-state index in [0.717, 1.165) is 6.07 Å². The van der Waals surface area contributed by atoms with Crippen LogP contribution in [-0.4, -0.2) is 54.4 Å². The Morgan fingerprint density at radius 2 is 1.80 bits per heavy atom. The minimum atomic E-state index is -4.74. The van der Waals surface area contributed by atoms with E-state index >= 15 is 0 Å². The molecule has 0 bridgehead atoms. The van der Waals surface area contributed by atoms with E-state index < -0.39 is 50.0 Å². The Hall–Kier alpha value is -4.69. The van der Waals surface area contributed by atoms with Crippen LogP contribution in [0.25, 0.3) is 0 Å². The van der Waals surface area contributed by atoms with Gasteiger partial charge in [0.1, 0.15) is 10.5 Å². The number of benzene rings is 3. The lowest BCUT2D eigenvalue weighted by atomic mass is 10.1. The standard InChI is InChI=1S/C30H31ClN4O9S/c1-18-13-22-15-23(35(39)40)10-12-25(22)34(18)32-27(36)20-9-11-24(31)26(16-20)45(41,42)33(29(38)44-30(2,3)4)17-19-7-6-8-21(14-19)28(37)43-5/h6-12,14-16,18H,13,17H2,1-5H3,(H,32,36). The number of fused-ring (bicyclic) bond motifs is 1. The minimum Gasteiger partial charge on any atom is -0.465 e. The zero-order valence-electron chi connectivity index (χ0n) is 25.1. The topological polar surface area (TPSA) is 165 Å². The maximum Gasteiger partial charge on any atom is 0.424 e.